The molecule has 3 N–H and O–H groups in total. The number of halogens is 4. The zero-order valence-corrected chi connectivity index (χ0v) is 12.6. The molecule has 0 aliphatic rings. The van der Waals surface area contributed by atoms with Gasteiger partial charge in [0.2, 0.25) is 10.0 Å². The normalized spacial score (nSPS) is 12.0. The number of benzene rings is 2. The van der Waals surface area contributed by atoms with E-state index in [1.165, 1.54) is 12.1 Å². The summed E-state index contributed by atoms with van der Waals surface area (Å²) >= 11 is 0. The summed E-state index contributed by atoms with van der Waals surface area (Å²) in [6.45, 7) is 0. The number of alkyl halides is 3. The summed E-state index contributed by atoms with van der Waals surface area (Å²) in [6, 6.07) is 6.10. The van der Waals surface area contributed by atoms with Gasteiger partial charge < -0.3 is 5.32 Å². The molecular formula is C14H10F4N2O3S. The van der Waals surface area contributed by atoms with E-state index >= 15 is 0 Å². The minimum atomic E-state index is -4.74. The Morgan fingerprint density at radius 1 is 1.08 bits per heavy atom. The number of hydrogen-bond donors (Lipinski definition) is 2. The van der Waals surface area contributed by atoms with Crippen molar-refractivity contribution in [2.24, 2.45) is 5.14 Å². The third-order valence-electron chi connectivity index (χ3n) is 2.96. The molecule has 10 heteroatoms. The van der Waals surface area contributed by atoms with Crippen LogP contribution in [0.3, 0.4) is 0 Å². The fraction of sp³-hybridized carbons (Fsp3) is 0.0714. The summed E-state index contributed by atoms with van der Waals surface area (Å²) in [4.78, 5) is 11.7. The van der Waals surface area contributed by atoms with Gasteiger partial charge in [-0.3, -0.25) is 4.79 Å². The second-order valence-electron chi connectivity index (χ2n) is 4.72. The largest absolute Gasteiger partial charge is 0.416 e. The first-order valence-corrected chi connectivity index (χ1v) is 7.84. The van der Waals surface area contributed by atoms with Gasteiger partial charge in [0.25, 0.3) is 5.91 Å². The van der Waals surface area contributed by atoms with Crippen LogP contribution in [0.25, 0.3) is 0 Å². The van der Waals surface area contributed by atoms with Gasteiger partial charge in [0, 0.05) is 5.69 Å². The minimum absolute atomic E-state index is 0.0664. The molecule has 0 atom stereocenters. The molecule has 1 amide bonds. The van der Waals surface area contributed by atoms with Gasteiger partial charge >= 0.3 is 6.18 Å². The Kier molecular flexibility index (Phi) is 4.63. The number of carbonyl (C=O) groups excluding carboxylic acids is 1. The van der Waals surface area contributed by atoms with Crippen LogP contribution in [0.5, 0.6) is 0 Å². The van der Waals surface area contributed by atoms with E-state index in [0.29, 0.717) is 18.2 Å². The van der Waals surface area contributed by atoms with Gasteiger partial charge in [0.1, 0.15) is 5.82 Å². The monoisotopic (exact) mass is 362 g/mol. The average Bonchev–Trinajstić information content (AvgIpc) is 2.45. The molecule has 5 nitrogen and oxygen atoms in total. The van der Waals surface area contributed by atoms with Crippen LogP contribution in [0, 0.1) is 5.82 Å². The lowest BCUT2D eigenvalue weighted by Gasteiger charge is -2.11. The van der Waals surface area contributed by atoms with Gasteiger partial charge in [0.05, 0.1) is 16.0 Å². The maximum Gasteiger partial charge on any atom is 0.416 e. The molecule has 2 aromatic carbocycles. The first kappa shape index (κ1) is 17.9. The summed E-state index contributed by atoms with van der Waals surface area (Å²) in [5.74, 6) is -2.31. The molecule has 0 bridgehead atoms. The van der Waals surface area contributed by atoms with E-state index in [0.717, 1.165) is 12.1 Å². The van der Waals surface area contributed by atoms with E-state index in [2.05, 4.69) is 5.32 Å². The molecule has 0 aromatic heterocycles. The lowest BCUT2D eigenvalue weighted by molar-refractivity contribution is -0.137. The van der Waals surface area contributed by atoms with Crippen molar-refractivity contribution in [3.05, 3.63) is 59.4 Å². The Hall–Kier alpha value is -2.46. The second kappa shape index (κ2) is 6.21. The first-order valence-electron chi connectivity index (χ1n) is 6.29. The third-order valence-corrected chi connectivity index (χ3v) is 3.87. The lowest BCUT2D eigenvalue weighted by atomic mass is 10.1. The molecule has 0 saturated carbocycles. The molecule has 24 heavy (non-hydrogen) atoms. The van der Waals surface area contributed by atoms with E-state index < -0.39 is 39.1 Å². The quantitative estimate of drug-likeness (QED) is 0.823. The second-order valence-corrected chi connectivity index (χ2v) is 6.28. The van der Waals surface area contributed by atoms with Gasteiger partial charge in [-0.2, -0.15) is 13.2 Å². The van der Waals surface area contributed by atoms with E-state index in [-0.39, 0.29) is 10.6 Å². The summed E-state index contributed by atoms with van der Waals surface area (Å²) in [5.41, 5.74) is -2.08. The Bertz CT molecular complexity index is 895. The van der Waals surface area contributed by atoms with Crippen molar-refractivity contribution in [3.8, 4) is 0 Å². The topological polar surface area (TPSA) is 89.3 Å². The molecule has 0 aliphatic heterocycles. The molecule has 128 valence electrons. The van der Waals surface area contributed by atoms with Crippen LogP contribution in [-0.2, 0) is 16.2 Å². The number of carbonyl (C=O) groups is 1. The maximum absolute atomic E-state index is 13.6. The van der Waals surface area contributed by atoms with Crippen molar-refractivity contribution < 1.29 is 30.8 Å². The number of sulfonamides is 1. The zero-order valence-electron chi connectivity index (χ0n) is 11.8. The molecule has 0 saturated heterocycles. The van der Waals surface area contributed by atoms with Crippen molar-refractivity contribution in [1.82, 2.24) is 0 Å². The van der Waals surface area contributed by atoms with E-state index in [1.54, 1.807) is 0 Å². The maximum atomic E-state index is 13.6. The summed E-state index contributed by atoms with van der Waals surface area (Å²) < 4.78 is 74.0. The van der Waals surface area contributed by atoms with Crippen LogP contribution in [0.4, 0.5) is 23.2 Å². The van der Waals surface area contributed by atoms with Crippen molar-refractivity contribution in [1.29, 1.82) is 0 Å². The molecule has 2 aromatic rings. The van der Waals surface area contributed by atoms with Crippen molar-refractivity contribution in [2.75, 3.05) is 5.32 Å². The number of nitrogens with one attached hydrogen (secondary N) is 1. The van der Waals surface area contributed by atoms with Gasteiger partial charge in [-0.15, -0.1) is 0 Å². The van der Waals surface area contributed by atoms with Gasteiger partial charge in [0.15, 0.2) is 0 Å². The zero-order chi connectivity index (χ0) is 18.1. The Morgan fingerprint density at radius 3 is 2.33 bits per heavy atom. The Labute approximate surface area is 134 Å². The predicted molar refractivity (Wildman–Crippen MR) is 77.2 cm³/mol. The predicted octanol–water partition coefficient (Wildman–Crippen LogP) is 2.74. The van der Waals surface area contributed by atoms with Gasteiger partial charge in [-0.05, 0) is 36.4 Å². The molecular weight excluding hydrogens is 352 g/mol. The number of amides is 1. The number of nitrogens with two attached hydrogens (primary N) is 1. The van der Waals surface area contributed by atoms with Crippen molar-refractivity contribution in [2.45, 2.75) is 11.1 Å². The summed E-state index contributed by atoms with van der Waals surface area (Å²) in [5, 5.41) is 7.06. The van der Waals surface area contributed by atoms with Crippen molar-refractivity contribution in [3.63, 3.8) is 0 Å². The number of anilines is 1. The van der Waals surface area contributed by atoms with E-state index in [9.17, 15) is 30.8 Å². The van der Waals surface area contributed by atoms with Crippen LogP contribution in [0.2, 0.25) is 0 Å². The van der Waals surface area contributed by atoms with Crippen LogP contribution < -0.4 is 10.5 Å². The van der Waals surface area contributed by atoms with Crippen LogP contribution in [0.1, 0.15) is 15.9 Å². The first-order chi connectivity index (χ1) is 11.0. The lowest BCUT2D eigenvalue weighted by Crippen LogP contribution is -2.17. The molecule has 0 fully saturated rings. The smallest absolute Gasteiger partial charge is 0.322 e. The van der Waals surface area contributed by atoms with E-state index in [1.807, 2.05) is 0 Å². The SMILES string of the molecule is NS(=O)(=O)c1cccc(NC(=O)c2cc(C(F)(F)F)ccc2F)c1. The average molecular weight is 362 g/mol. The standard InChI is InChI=1S/C14H10F4N2O3S/c15-12-5-4-8(14(16,17)18)6-11(12)13(21)20-9-2-1-3-10(7-9)24(19,22)23/h1-7H,(H,20,21)(H2,19,22,23). The fourth-order valence-electron chi connectivity index (χ4n) is 1.82. The molecule has 0 radical (unpaired) electrons. The van der Waals surface area contributed by atoms with Crippen molar-refractivity contribution >= 4 is 21.6 Å². The van der Waals surface area contributed by atoms with E-state index in [4.69, 9.17) is 5.14 Å². The molecule has 0 unspecified atom stereocenters. The van der Waals surface area contributed by atoms with Gasteiger partial charge in [-0.25, -0.2) is 17.9 Å². The number of hydrogen-bond acceptors (Lipinski definition) is 3. The third kappa shape index (κ3) is 4.09. The molecule has 0 aliphatic carbocycles. The fourth-order valence-corrected chi connectivity index (χ4v) is 2.38. The molecule has 0 spiro atoms. The van der Waals surface area contributed by atoms with Crippen LogP contribution in [-0.4, -0.2) is 14.3 Å². The number of primary sulfonamides is 1. The highest BCUT2D eigenvalue weighted by molar-refractivity contribution is 7.89. The van der Waals surface area contributed by atoms with Crippen LogP contribution in [0.15, 0.2) is 47.4 Å². The summed E-state index contributed by atoms with van der Waals surface area (Å²) in [7, 11) is -4.03. The number of rotatable bonds is 3. The molecule has 2 rings (SSSR count). The minimum Gasteiger partial charge on any atom is -0.322 e. The Morgan fingerprint density at radius 2 is 1.75 bits per heavy atom. The Balaban J connectivity index is 2.34. The molecule has 0 heterocycles. The summed E-state index contributed by atoms with van der Waals surface area (Å²) in [6.07, 6.45) is -4.74. The highest BCUT2D eigenvalue weighted by Crippen LogP contribution is 2.30. The van der Waals surface area contributed by atoms with Crippen LogP contribution >= 0.6 is 0 Å². The van der Waals surface area contributed by atoms with Gasteiger partial charge in [-0.1, -0.05) is 6.07 Å². The highest BCUT2D eigenvalue weighted by Gasteiger charge is 2.32. The highest BCUT2D eigenvalue weighted by atomic mass is 32.2.